The monoisotopic (exact) mass is 377 g/mol. The first-order valence-electron chi connectivity index (χ1n) is 9.83. The van der Waals surface area contributed by atoms with Gasteiger partial charge in [0.2, 0.25) is 17.6 Å². The Hall–Kier alpha value is -2.96. The molecule has 2 aromatic heterocycles. The summed E-state index contributed by atoms with van der Waals surface area (Å²) in [6, 6.07) is 9.80. The average molecular weight is 377 g/mol. The van der Waals surface area contributed by atoms with Gasteiger partial charge in [-0.25, -0.2) is 0 Å². The number of carbonyl (C=O) groups excluding carboxylic acids is 1. The molecule has 2 fully saturated rings. The molecule has 0 saturated heterocycles. The first-order chi connectivity index (χ1) is 13.7. The maximum absolute atomic E-state index is 13.0. The smallest absolute Gasteiger partial charge is 0.231 e. The Balaban J connectivity index is 1.36. The molecule has 2 aliphatic rings. The molecule has 5 rings (SSSR count). The molecule has 0 spiro atoms. The van der Waals surface area contributed by atoms with Gasteiger partial charge in [-0.3, -0.25) is 9.48 Å². The van der Waals surface area contributed by atoms with Crippen LogP contribution in [0.2, 0.25) is 0 Å². The summed E-state index contributed by atoms with van der Waals surface area (Å²) < 4.78 is 7.39. The molecule has 4 atom stereocenters. The number of carbonyl (C=O) groups is 1. The van der Waals surface area contributed by atoms with Crippen LogP contribution in [0.25, 0.3) is 11.4 Å². The lowest BCUT2D eigenvalue weighted by Crippen LogP contribution is -2.37. The number of aromatic nitrogens is 4. The number of hydrogen-bond acceptors (Lipinski definition) is 5. The average Bonchev–Trinajstić information content (AvgIpc) is 3.50. The fraction of sp³-hybridized carbons (Fsp3) is 0.429. The number of aryl methyl sites for hydroxylation is 1. The molecule has 7 nitrogen and oxygen atoms in total. The van der Waals surface area contributed by atoms with E-state index in [4.69, 9.17) is 4.52 Å². The van der Waals surface area contributed by atoms with E-state index >= 15 is 0 Å². The minimum Gasteiger partial charge on any atom is -0.352 e. The fourth-order valence-electron chi connectivity index (χ4n) is 4.97. The molecule has 2 aliphatic carbocycles. The maximum Gasteiger partial charge on any atom is 0.231 e. The number of nitrogens with one attached hydrogen (secondary N) is 1. The number of benzene rings is 1. The van der Waals surface area contributed by atoms with Crippen molar-refractivity contribution in [2.75, 3.05) is 0 Å². The number of nitrogens with zero attached hydrogens (tertiary/aromatic N) is 4. The summed E-state index contributed by atoms with van der Waals surface area (Å²) in [6.45, 7) is 0.492. The van der Waals surface area contributed by atoms with E-state index in [-0.39, 0.29) is 17.7 Å². The summed E-state index contributed by atoms with van der Waals surface area (Å²) in [5.41, 5.74) is 1.93. The molecule has 1 aromatic carbocycles. The SMILES string of the molecule is Cn1cc(CNC(=O)[C@H]2[C@H]3CC[C@H](C3)[C@@H]2c2nc(-c3ccccc3)no2)cn1. The van der Waals surface area contributed by atoms with Gasteiger partial charge in [0.15, 0.2) is 0 Å². The Morgan fingerprint density at radius 3 is 2.86 bits per heavy atom. The van der Waals surface area contributed by atoms with Crippen LogP contribution < -0.4 is 5.32 Å². The maximum atomic E-state index is 13.0. The summed E-state index contributed by atoms with van der Waals surface area (Å²) in [4.78, 5) is 17.7. The van der Waals surface area contributed by atoms with Gasteiger partial charge in [-0.05, 0) is 31.1 Å². The molecule has 0 aliphatic heterocycles. The second-order valence-electron chi connectivity index (χ2n) is 7.95. The lowest BCUT2D eigenvalue weighted by molar-refractivity contribution is -0.127. The first kappa shape index (κ1) is 17.2. The summed E-state index contributed by atoms with van der Waals surface area (Å²) >= 11 is 0. The second kappa shape index (κ2) is 6.89. The van der Waals surface area contributed by atoms with Crippen molar-refractivity contribution in [3.05, 3.63) is 54.2 Å². The van der Waals surface area contributed by atoms with Crippen LogP contribution in [0.3, 0.4) is 0 Å². The largest absolute Gasteiger partial charge is 0.352 e. The van der Waals surface area contributed by atoms with E-state index < -0.39 is 0 Å². The minimum atomic E-state index is -0.0977. The molecule has 0 radical (unpaired) electrons. The zero-order valence-electron chi connectivity index (χ0n) is 15.8. The number of amides is 1. The molecule has 1 amide bonds. The molecular formula is C21H23N5O2. The quantitative estimate of drug-likeness (QED) is 0.739. The predicted molar refractivity (Wildman–Crippen MR) is 102 cm³/mol. The Labute approximate surface area is 163 Å². The van der Waals surface area contributed by atoms with Crippen molar-refractivity contribution in [2.45, 2.75) is 31.7 Å². The van der Waals surface area contributed by atoms with E-state index in [2.05, 4.69) is 20.6 Å². The summed E-state index contributed by atoms with van der Waals surface area (Å²) in [6.07, 6.45) is 7.00. The van der Waals surface area contributed by atoms with Gasteiger partial charge in [-0.2, -0.15) is 10.1 Å². The predicted octanol–water partition coefficient (Wildman–Crippen LogP) is 2.92. The topological polar surface area (TPSA) is 85.8 Å². The summed E-state index contributed by atoms with van der Waals surface area (Å²) in [5.74, 6) is 2.04. The Morgan fingerprint density at radius 1 is 1.25 bits per heavy atom. The van der Waals surface area contributed by atoms with E-state index in [1.807, 2.05) is 43.6 Å². The molecule has 3 aromatic rings. The van der Waals surface area contributed by atoms with Crippen LogP contribution in [0.5, 0.6) is 0 Å². The van der Waals surface area contributed by atoms with Crippen LogP contribution in [0, 0.1) is 17.8 Å². The first-order valence-corrected chi connectivity index (χ1v) is 9.83. The van der Waals surface area contributed by atoms with Crippen molar-refractivity contribution >= 4 is 5.91 Å². The number of fused-ring (bicyclic) bond motifs is 2. The third kappa shape index (κ3) is 3.00. The Morgan fingerprint density at radius 2 is 2.07 bits per heavy atom. The van der Waals surface area contributed by atoms with Crippen molar-refractivity contribution < 1.29 is 9.32 Å². The highest BCUT2D eigenvalue weighted by Crippen LogP contribution is 2.56. The van der Waals surface area contributed by atoms with Crippen molar-refractivity contribution in [2.24, 2.45) is 24.8 Å². The van der Waals surface area contributed by atoms with Crippen LogP contribution >= 0.6 is 0 Å². The van der Waals surface area contributed by atoms with Gasteiger partial charge >= 0.3 is 0 Å². The molecular weight excluding hydrogens is 354 g/mol. The van der Waals surface area contributed by atoms with Crippen molar-refractivity contribution in [1.29, 1.82) is 0 Å². The summed E-state index contributed by atoms with van der Waals surface area (Å²) in [7, 11) is 1.87. The normalized spacial score (nSPS) is 25.9. The van der Waals surface area contributed by atoms with Gasteiger partial charge in [0.1, 0.15) is 0 Å². The molecule has 2 bridgehead atoms. The molecule has 7 heteroatoms. The molecule has 28 heavy (non-hydrogen) atoms. The highest BCUT2D eigenvalue weighted by Gasteiger charge is 2.53. The van der Waals surface area contributed by atoms with Gasteiger partial charge in [0.25, 0.3) is 0 Å². The molecule has 2 heterocycles. The number of rotatable bonds is 5. The van der Waals surface area contributed by atoms with Crippen molar-refractivity contribution in [3.8, 4) is 11.4 Å². The second-order valence-corrected chi connectivity index (χ2v) is 7.95. The standard InChI is InChI=1S/C21H23N5O2/c1-26-12-13(11-23-26)10-22-20(27)17-15-7-8-16(9-15)18(17)21-24-19(25-28-21)14-5-3-2-4-6-14/h2-6,11-12,15-18H,7-10H2,1H3,(H,22,27)/t15-,16+,17-,18-/m0/s1. The van der Waals surface area contributed by atoms with Crippen LogP contribution in [0.15, 0.2) is 47.2 Å². The Kier molecular flexibility index (Phi) is 4.22. The van der Waals surface area contributed by atoms with Crippen LogP contribution in [0.4, 0.5) is 0 Å². The van der Waals surface area contributed by atoms with Crippen LogP contribution in [0.1, 0.15) is 36.6 Å². The highest BCUT2D eigenvalue weighted by molar-refractivity contribution is 5.80. The molecule has 0 unspecified atom stereocenters. The van der Waals surface area contributed by atoms with E-state index in [1.54, 1.807) is 10.9 Å². The lowest BCUT2D eigenvalue weighted by atomic mass is 9.78. The van der Waals surface area contributed by atoms with Gasteiger partial charge in [-0.1, -0.05) is 35.5 Å². The van der Waals surface area contributed by atoms with Crippen LogP contribution in [-0.4, -0.2) is 25.8 Å². The zero-order valence-corrected chi connectivity index (χ0v) is 15.8. The fourth-order valence-corrected chi connectivity index (χ4v) is 4.97. The minimum absolute atomic E-state index is 0.0117. The third-order valence-corrected chi connectivity index (χ3v) is 6.20. The number of hydrogen-bond donors (Lipinski definition) is 1. The zero-order chi connectivity index (χ0) is 19.1. The summed E-state index contributed by atoms with van der Waals surface area (Å²) in [5, 5.41) is 11.4. The highest BCUT2D eigenvalue weighted by atomic mass is 16.5. The van der Waals surface area contributed by atoms with Crippen molar-refractivity contribution in [3.63, 3.8) is 0 Å². The van der Waals surface area contributed by atoms with E-state index in [9.17, 15) is 4.79 Å². The molecule has 2 saturated carbocycles. The molecule has 1 N–H and O–H groups in total. The van der Waals surface area contributed by atoms with Gasteiger partial charge in [0.05, 0.1) is 18.0 Å². The Bertz CT molecular complexity index is 980. The molecule has 144 valence electrons. The van der Waals surface area contributed by atoms with Gasteiger partial charge in [-0.15, -0.1) is 0 Å². The van der Waals surface area contributed by atoms with E-state index in [1.165, 1.54) is 0 Å². The van der Waals surface area contributed by atoms with Gasteiger partial charge < -0.3 is 9.84 Å². The van der Waals surface area contributed by atoms with Crippen LogP contribution in [-0.2, 0) is 18.4 Å². The van der Waals surface area contributed by atoms with Crippen molar-refractivity contribution in [1.82, 2.24) is 25.2 Å². The third-order valence-electron chi connectivity index (χ3n) is 6.20. The lowest BCUT2D eigenvalue weighted by Gasteiger charge is -2.27. The van der Waals surface area contributed by atoms with E-state index in [0.29, 0.717) is 30.1 Å². The van der Waals surface area contributed by atoms with E-state index in [0.717, 1.165) is 30.4 Å². The van der Waals surface area contributed by atoms with Gasteiger partial charge in [0, 0.05) is 30.9 Å².